The van der Waals surface area contributed by atoms with Crippen LogP contribution in [0.15, 0.2) is 18.3 Å². The van der Waals surface area contributed by atoms with Crippen molar-refractivity contribution in [1.82, 2.24) is 10.3 Å². The largest absolute Gasteiger partial charge is 0.480 e. The van der Waals surface area contributed by atoms with Gasteiger partial charge >= 0.3 is 5.97 Å². The van der Waals surface area contributed by atoms with Gasteiger partial charge in [-0.2, -0.15) is 5.26 Å². The molecule has 2 rings (SSSR count). The Morgan fingerprint density at radius 2 is 2.53 bits per heavy atom. The van der Waals surface area contributed by atoms with Crippen molar-refractivity contribution in [2.75, 3.05) is 24.5 Å². The van der Waals surface area contributed by atoms with Crippen LogP contribution in [-0.2, 0) is 4.79 Å². The summed E-state index contributed by atoms with van der Waals surface area (Å²) in [4.78, 5) is 16.9. The van der Waals surface area contributed by atoms with Crippen molar-refractivity contribution in [2.24, 2.45) is 0 Å². The van der Waals surface area contributed by atoms with Gasteiger partial charge in [0.25, 0.3) is 0 Å². The normalized spacial score (nSPS) is 19.7. The molecule has 1 aromatic heterocycles. The Bertz CT molecular complexity index is 469. The molecule has 0 saturated carbocycles. The molecule has 1 unspecified atom stereocenters. The Morgan fingerprint density at radius 1 is 1.71 bits per heavy atom. The summed E-state index contributed by atoms with van der Waals surface area (Å²) in [6, 6.07) is 4.75. The van der Waals surface area contributed by atoms with Crippen LogP contribution in [-0.4, -0.2) is 41.7 Å². The van der Waals surface area contributed by atoms with E-state index in [1.807, 2.05) is 11.0 Å². The SMILES string of the molecule is N#Cc1ccnc(N2CCNC(C(=O)O)C2)c1. The number of carboxylic acid groups (broad SMARTS) is 1. The number of carbonyl (C=O) groups is 1. The van der Waals surface area contributed by atoms with Gasteiger partial charge in [0.2, 0.25) is 0 Å². The van der Waals surface area contributed by atoms with Crippen LogP contribution in [0.2, 0.25) is 0 Å². The van der Waals surface area contributed by atoms with Crippen molar-refractivity contribution in [2.45, 2.75) is 6.04 Å². The third-order valence-corrected chi connectivity index (χ3v) is 2.67. The number of nitriles is 1. The van der Waals surface area contributed by atoms with Crippen molar-refractivity contribution >= 4 is 11.8 Å². The van der Waals surface area contributed by atoms with Gasteiger partial charge in [0.15, 0.2) is 0 Å². The predicted molar refractivity (Wildman–Crippen MR) is 60.6 cm³/mol. The minimum absolute atomic E-state index is 0.358. The fraction of sp³-hybridized carbons (Fsp3) is 0.364. The average molecular weight is 232 g/mol. The first-order valence-corrected chi connectivity index (χ1v) is 5.28. The maximum atomic E-state index is 10.9. The van der Waals surface area contributed by atoms with Crippen LogP contribution in [0.4, 0.5) is 5.82 Å². The van der Waals surface area contributed by atoms with E-state index in [9.17, 15) is 4.79 Å². The van der Waals surface area contributed by atoms with Gasteiger partial charge in [-0.1, -0.05) is 0 Å². The number of hydrogen-bond donors (Lipinski definition) is 2. The zero-order valence-corrected chi connectivity index (χ0v) is 9.13. The molecular weight excluding hydrogens is 220 g/mol. The summed E-state index contributed by atoms with van der Waals surface area (Å²) in [5.41, 5.74) is 0.528. The van der Waals surface area contributed by atoms with E-state index in [1.165, 1.54) is 0 Å². The van der Waals surface area contributed by atoms with Gasteiger partial charge in [-0.3, -0.25) is 4.79 Å². The van der Waals surface area contributed by atoms with Crippen molar-refractivity contribution in [1.29, 1.82) is 5.26 Å². The summed E-state index contributed by atoms with van der Waals surface area (Å²) in [5.74, 6) is -0.220. The van der Waals surface area contributed by atoms with Crippen molar-refractivity contribution < 1.29 is 9.90 Å². The first-order valence-electron chi connectivity index (χ1n) is 5.28. The van der Waals surface area contributed by atoms with Gasteiger partial charge in [-0.25, -0.2) is 4.98 Å². The lowest BCUT2D eigenvalue weighted by Gasteiger charge is -2.32. The molecule has 2 heterocycles. The number of piperazine rings is 1. The molecule has 6 heteroatoms. The van der Waals surface area contributed by atoms with E-state index in [4.69, 9.17) is 10.4 Å². The number of aliphatic carboxylic acids is 1. The number of nitrogens with zero attached hydrogens (tertiary/aromatic N) is 3. The second-order valence-corrected chi connectivity index (χ2v) is 3.81. The van der Waals surface area contributed by atoms with Gasteiger partial charge in [0.1, 0.15) is 11.9 Å². The highest BCUT2D eigenvalue weighted by molar-refractivity contribution is 5.74. The van der Waals surface area contributed by atoms with E-state index >= 15 is 0 Å². The molecule has 0 aliphatic carbocycles. The Morgan fingerprint density at radius 3 is 3.24 bits per heavy atom. The molecule has 1 aliphatic rings. The number of rotatable bonds is 2. The second kappa shape index (κ2) is 4.80. The standard InChI is InChI=1S/C11H12N4O2/c12-6-8-1-2-14-10(5-8)15-4-3-13-9(7-15)11(16)17/h1-2,5,9,13H,3-4,7H2,(H,16,17). The van der Waals surface area contributed by atoms with E-state index in [-0.39, 0.29) is 0 Å². The molecule has 0 radical (unpaired) electrons. The van der Waals surface area contributed by atoms with E-state index in [2.05, 4.69) is 10.3 Å². The Hall–Kier alpha value is -2.13. The summed E-state index contributed by atoms with van der Waals surface area (Å²) in [6.07, 6.45) is 1.56. The fourth-order valence-corrected chi connectivity index (χ4v) is 1.78. The lowest BCUT2D eigenvalue weighted by atomic mass is 10.2. The quantitative estimate of drug-likeness (QED) is 0.735. The Labute approximate surface area is 98.5 Å². The smallest absolute Gasteiger partial charge is 0.322 e. The number of pyridine rings is 1. The summed E-state index contributed by atoms with van der Waals surface area (Å²) < 4.78 is 0. The molecule has 0 bridgehead atoms. The van der Waals surface area contributed by atoms with E-state index in [1.54, 1.807) is 18.3 Å². The number of aromatic nitrogens is 1. The van der Waals surface area contributed by atoms with Crippen LogP contribution < -0.4 is 10.2 Å². The van der Waals surface area contributed by atoms with E-state index in [0.717, 1.165) is 0 Å². The molecule has 2 N–H and O–H groups in total. The Kier molecular flexibility index (Phi) is 3.21. The number of nitrogens with one attached hydrogen (secondary N) is 1. The minimum atomic E-state index is -0.869. The average Bonchev–Trinajstić information content (AvgIpc) is 2.39. The third-order valence-electron chi connectivity index (χ3n) is 2.67. The van der Waals surface area contributed by atoms with E-state index < -0.39 is 12.0 Å². The fourth-order valence-electron chi connectivity index (χ4n) is 1.78. The maximum absolute atomic E-state index is 10.9. The summed E-state index contributed by atoms with van der Waals surface area (Å²) in [7, 11) is 0. The highest BCUT2D eigenvalue weighted by Crippen LogP contribution is 2.14. The van der Waals surface area contributed by atoms with E-state index in [0.29, 0.717) is 31.0 Å². The van der Waals surface area contributed by atoms with Crippen molar-refractivity contribution in [3.8, 4) is 6.07 Å². The molecule has 6 nitrogen and oxygen atoms in total. The maximum Gasteiger partial charge on any atom is 0.322 e. The Balaban J connectivity index is 2.16. The van der Waals surface area contributed by atoms with Gasteiger partial charge in [-0.15, -0.1) is 0 Å². The molecule has 0 spiro atoms. The van der Waals surface area contributed by atoms with Crippen molar-refractivity contribution in [3.63, 3.8) is 0 Å². The third kappa shape index (κ3) is 2.52. The van der Waals surface area contributed by atoms with Gasteiger partial charge in [-0.05, 0) is 12.1 Å². The first-order chi connectivity index (χ1) is 8.20. The van der Waals surface area contributed by atoms with Crippen molar-refractivity contribution in [3.05, 3.63) is 23.9 Å². The van der Waals surface area contributed by atoms with Crippen LogP contribution >= 0.6 is 0 Å². The predicted octanol–water partition coefficient (Wildman–Crippen LogP) is -0.184. The molecule has 1 saturated heterocycles. The molecule has 17 heavy (non-hydrogen) atoms. The number of anilines is 1. The van der Waals surface area contributed by atoms with Crippen LogP contribution in [0, 0.1) is 11.3 Å². The molecule has 0 amide bonds. The topological polar surface area (TPSA) is 89.3 Å². The molecule has 1 aromatic rings. The second-order valence-electron chi connectivity index (χ2n) is 3.81. The lowest BCUT2D eigenvalue weighted by Crippen LogP contribution is -2.54. The molecule has 88 valence electrons. The van der Waals surface area contributed by atoms with Crippen LogP contribution in [0.1, 0.15) is 5.56 Å². The highest BCUT2D eigenvalue weighted by Gasteiger charge is 2.25. The summed E-state index contributed by atoms with van der Waals surface area (Å²) >= 11 is 0. The number of hydrogen-bond acceptors (Lipinski definition) is 5. The summed E-state index contributed by atoms with van der Waals surface area (Å²) in [6.45, 7) is 1.64. The van der Waals surface area contributed by atoms with Gasteiger partial charge in [0.05, 0.1) is 11.6 Å². The molecular formula is C11H12N4O2. The van der Waals surface area contributed by atoms with Crippen LogP contribution in [0.25, 0.3) is 0 Å². The zero-order valence-electron chi connectivity index (χ0n) is 9.13. The lowest BCUT2D eigenvalue weighted by molar-refractivity contribution is -0.139. The van der Waals surface area contributed by atoms with Crippen LogP contribution in [0.3, 0.4) is 0 Å². The van der Waals surface area contributed by atoms with Gasteiger partial charge in [0, 0.05) is 25.8 Å². The molecule has 1 atom stereocenters. The molecule has 1 fully saturated rings. The summed E-state index contributed by atoms with van der Waals surface area (Å²) in [5, 5.41) is 20.7. The molecule has 1 aliphatic heterocycles. The molecule has 0 aromatic carbocycles. The highest BCUT2D eigenvalue weighted by atomic mass is 16.4. The van der Waals surface area contributed by atoms with Crippen LogP contribution in [0.5, 0.6) is 0 Å². The first kappa shape index (κ1) is 11.4. The minimum Gasteiger partial charge on any atom is -0.480 e. The number of carboxylic acids is 1. The van der Waals surface area contributed by atoms with Gasteiger partial charge < -0.3 is 15.3 Å². The zero-order chi connectivity index (χ0) is 12.3. The monoisotopic (exact) mass is 232 g/mol.